The number of fused-ring (bicyclic) bond motifs is 1. The second-order valence-corrected chi connectivity index (χ2v) is 10.9. The van der Waals surface area contributed by atoms with E-state index in [0.717, 1.165) is 23.8 Å². The van der Waals surface area contributed by atoms with Crippen LogP contribution in [-0.4, -0.2) is 49.1 Å². The molecule has 1 aromatic rings. The number of rotatable bonds is 6. The van der Waals surface area contributed by atoms with Crippen LogP contribution in [0.5, 0.6) is 0 Å². The summed E-state index contributed by atoms with van der Waals surface area (Å²) in [6.45, 7) is 15.3. The molecule has 36 heavy (non-hydrogen) atoms. The van der Waals surface area contributed by atoms with Gasteiger partial charge >= 0.3 is 0 Å². The van der Waals surface area contributed by atoms with Crippen molar-refractivity contribution in [2.75, 3.05) is 33.2 Å². The van der Waals surface area contributed by atoms with Gasteiger partial charge in [0.15, 0.2) is 0 Å². The number of terminal acetylenes is 1. The highest BCUT2D eigenvalue weighted by molar-refractivity contribution is 5.15. The summed E-state index contributed by atoms with van der Waals surface area (Å²) >= 11 is 0. The summed E-state index contributed by atoms with van der Waals surface area (Å²) in [7, 11) is 1.81. The molecular weight excluding hydrogens is 438 g/mol. The summed E-state index contributed by atoms with van der Waals surface area (Å²) in [5.41, 5.74) is 2.96. The summed E-state index contributed by atoms with van der Waals surface area (Å²) in [5.74, 6) is 2.85. The smallest absolute Gasteiger partial charge is 0.0206 e. The fraction of sp³-hybridized carbons (Fsp3) is 0.636. The second-order valence-electron chi connectivity index (χ2n) is 10.9. The summed E-state index contributed by atoms with van der Waals surface area (Å²) in [4.78, 5) is 5.25. The molecule has 3 heteroatoms. The number of hydrogen-bond donors (Lipinski definition) is 1. The minimum absolute atomic E-state index is 0.804. The maximum absolute atomic E-state index is 4.41. The number of likely N-dealkylation sites (tertiary alicyclic amines) is 2. The van der Waals surface area contributed by atoms with Gasteiger partial charge in [0.1, 0.15) is 0 Å². The predicted octanol–water partition coefficient (Wildman–Crippen LogP) is 7.12. The van der Waals surface area contributed by atoms with Gasteiger partial charge in [0, 0.05) is 38.4 Å². The van der Waals surface area contributed by atoms with Crippen molar-refractivity contribution in [2.24, 2.45) is 17.8 Å². The molecule has 4 fully saturated rings. The molecule has 0 spiro atoms. The lowest BCUT2D eigenvalue weighted by Crippen LogP contribution is -2.28. The van der Waals surface area contributed by atoms with E-state index >= 15 is 0 Å². The van der Waals surface area contributed by atoms with E-state index < -0.39 is 0 Å². The van der Waals surface area contributed by atoms with Crippen LogP contribution in [-0.2, 0) is 6.42 Å². The molecule has 200 valence electrons. The van der Waals surface area contributed by atoms with Gasteiger partial charge in [0.2, 0.25) is 0 Å². The number of allylic oxidation sites excluding steroid dienone is 1. The van der Waals surface area contributed by atoms with E-state index in [2.05, 4.69) is 78.4 Å². The number of hydrogen-bond acceptors (Lipinski definition) is 3. The lowest BCUT2D eigenvalue weighted by Gasteiger charge is -2.31. The van der Waals surface area contributed by atoms with Crippen LogP contribution in [0.3, 0.4) is 0 Å². The maximum Gasteiger partial charge on any atom is 0.0206 e. The third-order valence-corrected chi connectivity index (χ3v) is 8.63. The Morgan fingerprint density at radius 3 is 2.08 bits per heavy atom. The van der Waals surface area contributed by atoms with Gasteiger partial charge in [-0.3, -0.25) is 0 Å². The van der Waals surface area contributed by atoms with Crippen molar-refractivity contribution in [2.45, 2.75) is 83.6 Å². The van der Waals surface area contributed by atoms with Crippen LogP contribution in [0.1, 0.15) is 76.7 Å². The van der Waals surface area contributed by atoms with Crippen LogP contribution in [0.15, 0.2) is 55.4 Å². The molecule has 2 aliphatic heterocycles. The summed E-state index contributed by atoms with van der Waals surface area (Å²) in [5, 5.41) is 2.69. The first-order chi connectivity index (χ1) is 17.6. The third-order valence-electron chi connectivity index (χ3n) is 8.63. The average molecular weight is 492 g/mol. The van der Waals surface area contributed by atoms with Gasteiger partial charge in [-0.15, -0.1) is 12.8 Å². The first kappa shape index (κ1) is 30.0. The molecule has 4 aliphatic rings. The Kier molecular flexibility index (Phi) is 14.4. The molecule has 2 heterocycles. The fourth-order valence-electron chi connectivity index (χ4n) is 6.41. The highest BCUT2D eigenvalue weighted by Gasteiger charge is 2.37. The van der Waals surface area contributed by atoms with E-state index in [4.69, 9.17) is 0 Å². The van der Waals surface area contributed by atoms with Crippen molar-refractivity contribution in [3.05, 3.63) is 61.0 Å². The van der Waals surface area contributed by atoms with E-state index in [-0.39, 0.29) is 0 Å². The van der Waals surface area contributed by atoms with Gasteiger partial charge in [-0.2, -0.15) is 0 Å². The summed E-state index contributed by atoms with van der Waals surface area (Å²) in [6, 6.07) is 11.6. The molecule has 2 saturated carbocycles. The first-order valence-corrected chi connectivity index (χ1v) is 14.5. The highest BCUT2D eigenvalue weighted by atomic mass is 15.2. The lowest BCUT2D eigenvalue weighted by molar-refractivity contribution is 0.272. The molecule has 3 nitrogen and oxygen atoms in total. The largest absolute Gasteiger partial charge is 0.394 e. The average Bonchev–Trinajstić information content (AvgIpc) is 3.67. The van der Waals surface area contributed by atoms with E-state index in [0.29, 0.717) is 0 Å². The monoisotopic (exact) mass is 491 g/mol. The number of nitrogens with zero attached hydrogens (tertiary/aromatic N) is 2. The van der Waals surface area contributed by atoms with Gasteiger partial charge in [0.25, 0.3) is 0 Å². The molecule has 0 bridgehead atoms. The minimum Gasteiger partial charge on any atom is -0.394 e. The SMILES string of the molecule is C#C.C=C(C1CCCCC1)N1CC2CCCC2C1.C=CNC.CC1CCCN1CCc1ccccc1. The van der Waals surface area contributed by atoms with Crippen LogP contribution >= 0.6 is 0 Å². The fourth-order valence-corrected chi connectivity index (χ4v) is 6.41. The Labute approximate surface area is 223 Å². The van der Waals surface area contributed by atoms with E-state index in [1.807, 2.05) is 7.05 Å². The zero-order valence-electron chi connectivity index (χ0n) is 23.3. The number of benzene rings is 1. The molecule has 0 radical (unpaired) electrons. The van der Waals surface area contributed by atoms with Gasteiger partial charge in [-0.1, -0.05) is 69.2 Å². The second kappa shape index (κ2) is 17.3. The van der Waals surface area contributed by atoms with Crippen molar-refractivity contribution in [1.82, 2.24) is 15.1 Å². The molecular formula is C33H53N3. The molecule has 0 amide bonds. The van der Waals surface area contributed by atoms with Crippen LogP contribution < -0.4 is 5.32 Å². The van der Waals surface area contributed by atoms with Gasteiger partial charge in [0.05, 0.1) is 0 Å². The molecule has 2 saturated heterocycles. The molecule has 5 rings (SSSR count). The highest BCUT2D eigenvalue weighted by Crippen LogP contribution is 2.41. The van der Waals surface area contributed by atoms with Crippen molar-refractivity contribution in [3.8, 4) is 12.8 Å². The Morgan fingerprint density at radius 1 is 0.944 bits per heavy atom. The molecule has 1 N–H and O–H groups in total. The first-order valence-electron chi connectivity index (χ1n) is 14.5. The number of nitrogens with one attached hydrogen (secondary N) is 1. The predicted molar refractivity (Wildman–Crippen MR) is 158 cm³/mol. The molecule has 1 aromatic carbocycles. The van der Waals surface area contributed by atoms with Crippen LogP contribution in [0.25, 0.3) is 0 Å². The molecule has 3 unspecified atom stereocenters. The van der Waals surface area contributed by atoms with Gasteiger partial charge < -0.3 is 15.1 Å². The Balaban J connectivity index is 0.000000210. The zero-order valence-corrected chi connectivity index (χ0v) is 23.3. The summed E-state index contributed by atoms with van der Waals surface area (Å²) in [6.07, 6.45) is 25.2. The van der Waals surface area contributed by atoms with Gasteiger partial charge in [-0.05, 0) is 87.9 Å². The van der Waals surface area contributed by atoms with Crippen LogP contribution in [0.4, 0.5) is 0 Å². The quantitative estimate of drug-likeness (QED) is 0.427. The van der Waals surface area contributed by atoms with E-state index in [9.17, 15) is 0 Å². The Bertz CT molecular complexity index is 737. The van der Waals surface area contributed by atoms with Crippen molar-refractivity contribution in [1.29, 1.82) is 0 Å². The maximum atomic E-state index is 4.41. The topological polar surface area (TPSA) is 18.5 Å². The van der Waals surface area contributed by atoms with Gasteiger partial charge in [-0.25, -0.2) is 0 Å². The standard InChI is InChI=1S/C15H25N.C13H19N.C3H7N.C2H2/c1-12(13-6-3-2-4-7-13)16-10-14-8-5-9-15(14)11-16;1-12-6-5-10-14(12)11-9-13-7-3-2-4-8-13;1-3-4-2;1-2/h13-15H,1-11H2;2-4,7-8,12H,5-6,9-11H2,1H3;3-4H,1H2,2H3;1-2H. The Hall–Kier alpha value is -2.18. The van der Waals surface area contributed by atoms with Crippen LogP contribution in [0, 0.1) is 30.6 Å². The normalized spacial score (nSPS) is 25.2. The van der Waals surface area contributed by atoms with Crippen molar-refractivity contribution >= 4 is 0 Å². The third kappa shape index (κ3) is 9.70. The zero-order chi connectivity index (χ0) is 26.2. The molecule has 3 atom stereocenters. The lowest BCUT2D eigenvalue weighted by atomic mass is 9.87. The molecule has 0 aromatic heterocycles. The minimum atomic E-state index is 0.804. The summed E-state index contributed by atoms with van der Waals surface area (Å²) < 4.78 is 0. The van der Waals surface area contributed by atoms with E-state index in [1.54, 1.807) is 6.20 Å². The van der Waals surface area contributed by atoms with E-state index in [1.165, 1.54) is 108 Å². The van der Waals surface area contributed by atoms with Crippen molar-refractivity contribution in [3.63, 3.8) is 0 Å². The van der Waals surface area contributed by atoms with Crippen LogP contribution in [0.2, 0.25) is 0 Å². The Morgan fingerprint density at radius 2 is 1.56 bits per heavy atom. The molecule has 2 aliphatic carbocycles. The van der Waals surface area contributed by atoms with Crippen molar-refractivity contribution < 1.29 is 0 Å².